The predicted molar refractivity (Wildman–Crippen MR) is 130 cm³/mol. The number of aromatic amines is 1. The van der Waals surface area contributed by atoms with E-state index in [0.29, 0.717) is 43.4 Å². The molecule has 13 heteroatoms. The van der Waals surface area contributed by atoms with Crippen molar-refractivity contribution in [1.82, 2.24) is 20.6 Å². The molecule has 208 valence electrons. The number of halogens is 6. The number of nitrogens with zero attached hydrogens (tertiary/aromatic N) is 2. The number of aromatic nitrogens is 2. The zero-order valence-corrected chi connectivity index (χ0v) is 21.0. The number of benzene rings is 1. The van der Waals surface area contributed by atoms with Gasteiger partial charge in [0.25, 0.3) is 5.91 Å². The van der Waals surface area contributed by atoms with E-state index in [1.807, 2.05) is 0 Å². The summed E-state index contributed by atoms with van der Waals surface area (Å²) < 4.78 is 90.3. The van der Waals surface area contributed by atoms with Crippen LogP contribution in [0.2, 0.25) is 0 Å². The Balaban J connectivity index is 1.39. The van der Waals surface area contributed by atoms with Crippen LogP contribution in [0.1, 0.15) is 59.8 Å². The van der Waals surface area contributed by atoms with Crippen LogP contribution in [0.5, 0.6) is 0 Å². The normalized spacial score (nSPS) is 22.3. The third-order valence-corrected chi connectivity index (χ3v) is 7.05. The molecule has 3 aromatic rings. The number of nitrogens with one attached hydrogen (secondary N) is 3. The monoisotopic (exact) mass is 553 g/mol. The van der Waals surface area contributed by atoms with Crippen LogP contribution in [0.15, 0.2) is 39.4 Å². The highest BCUT2D eigenvalue weighted by Crippen LogP contribution is 2.40. The second kappa shape index (κ2) is 10.1. The van der Waals surface area contributed by atoms with E-state index in [0.717, 1.165) is 12.3 Å². The highest BCUT2D eigenvalue weighted by molar-refractivity contribution is 6.13. The van der Waals surface area contributed by atoms with Crippen LogP contribution in [0.25, 0.3) is 10.9 Å². The number of H-pyrrole nitrogens is 1. The number of fused-ring (bicyclic) bond motifs is 1. The molecule has 2 aliphatic rings. The molecular weight excluding hydrogens is 528 g/mol. The maximum atomic E-state index is 15.0. The second-order valence-corrected chi connectivity index (χ2v) is 9.88. The van der Waals surface area contributed by atoms with Gasteiger partial charge in [-0.1, -0.05) is 0 Å². The van der Waals surface area contributed by atoms with Gasteiger partial charge < -0.3 is 20.0 Å². The molecule has 3 unspecified atom stereocenters. The third kappa shape index (κ3) is 5.39. The van der Waals surface area contributed by atoms with Crippen molar-refractivity contribution in [1.29, 1.82) is 0 Å². The molecule has 39 heavy (non-hydrogen) atoms. The third-order valence-electron chi connectivity index (χ3n) is 7.05. The highest BCUT2D eigenvalue weighted by atomic mass is 19.4. The lowest BCUT2D eigenvalue weighted by Crippen LogP contribution is -2.44. The van der Waals surface area contributed by atoms with E-state index in [-0.39, 0.29) is 34.0 Å². The number of hydrogen-bond acceptors (Lipinski definition) is 5. The van der Waals surface area contributed by atoms with Crippen LogP contribution in [-0.2, 0) is 0 Å². The van der Waals surface area contributed by atoms with Gasteiger partial charge in [0.2, 0.25) is 0 Å². The maximum Gasteiger partial charge on any atom is 0.397 e. The van der Waals surface area contributed by atoms with E-state index >= 15 is 4.39 Å². The summed E-state index contributed by atoms with van der Waals surface area (Å²) in [6.45, 7) is 3.25. The van der Waals surface area contributed by atoms with Crippen molar-refractivity contribution in [3.63, 3.8) is 0 Å². The Morgan fingerprint density at radius 2 is 1.87 bits per heavy atom. The number of amides is 1. The van der Waals surface area contributed by atoms with Gasteiger partial charge in [0.05, 0.1) is 11.2 Å². The van der Waals surface area contributed by atoms with Crippen molar-refractivity contribution in [2.75, 3.05) is 0 Å². The molecular formula is C26H25F6N5O2. The lowest BCUT2D eigenvalue weighted by atomic mass is 9.89. The van der Waals surface area contributed by atoms with E-state index in [1.54, 1.807) is 13.8 Å². The molecule has 0 radical (unpaired) electrons. The number of carbonyl (C=O) groups is 1. The van der Waals surface area contributed by atoms with E-state index in [4.69, 9.17) is 4.42 Å². The average molecular weight is 554 g/mol. The molecule has 0 bridgehead atoms. The Morgan fingerprint density at radius 3 is 2.56 bits per heavy atom. The van der Waals surface area contributed by atoms with Gasteiger partial charge >= 0.3 is 6.18 Å². The zero-order valence-electron chi connectivity index (χ0n) is 21.0. The number of aryl methyl sites for hydroxylation is 2. The number of oxazole rings is 1. The largest absolute Gasteiger partial charge is 0.445 e. The van der Waals surface area contributed by atoms with Gasteiger partial charge in [-0.05, 0) is 38.7 Å². The summed E-state index contributed by atoms with van der Waals surface area (Å²) in [7, 11) is 0. The van der Waals surface area contributed by atoms with E-state index < -0.39 is 53.6 Å². The number of alkyl halides is 3. The summed E-state index contributed by atoms with van der Waals surface area (Å²) in [4.78, 5) is 23.3. The lowest BCUT2D eigenvalue weighted by molar-refractivity contribution is -0.156. The number of allylic oxidation sites excluding steroid dienone is 1. The van der Waals surface area contributed by atoms with Gasteiger partial charge in [-0.25, -0.2) is 23.1 Å². The summed E-state index contributed by atoms with van der Waals surface area (Å²) >= 11 is 0. The Kier molecular flexibility index (Phi) is 6.93. The van der Waals surface area contributed by atoms with Gasteiger partial charge in [-0.2, -0.15) is 13.2 Å². The van der Waals surface area contributed by atoms with Gasteiger partial charge in [0.1, 0.15) is 29.1 Å². The summed E-state index contributed by atoms with van der Waals surface area (Å²) in [5, 5.41) is 5.67. The Bertz CT molecular complexity index is 1490. The van der Waals surface area contributed by atoms with Crippen LogP contribution < -0.4 is 10.6 Å². The van der Waals surface area contributed by atoms with Crippen LogP contribution >= 0.6 is 0 Å². The fraction of sp³-hybridized carbons (Fsp3) is 0.423. The minimum absolute atomic E-state index is 0.124. The average Bonchev–Trinajstić information content (AvgIpc) is 3.42. The Hall–Kier alpha value is -3.77. The molecule has 0 spiro atoms. The van der Waals surface area contributed by atoms with Crippen molar-refractivity contribution in [2.45, 2.75) is 64.2 Å². The Morgan fingerprint density at radius 1 is 1.13 bits per heavy atom. The first-order valence-electron chi connectivity index (χ1n) is 12.4. The molecule has 3 N–H and O–H groups in total. The van der Waals surface area contributed by atoms with Gasteiger partial charge in [0.15, 0.2) is 17.4 Å². The van der Waals surface area contributed by atoms with Crippen LogP contribution in [0.3, 0.4) is 0 Å². The standard InChI is InChI=1S/C26H25F6N5O2/c1-11-21(34-12(2)39-11)25(38)36-15-5-3-4-14(8-15)35-24-20(29)9-18(26(30,31)32)22(37-24)17-10-33-23-16(17)6-13(27)7-19(23)28/h6-7,10,14-15,18,33,35H,3-5,8-9H2,1-2H3,(H,36,38). The minimum atomic E-state index is -4.85. The number of rotatable bonds is 5. The van der Waals surface area contributed by atoms with Crippen molar-refractivity contribution in [2.24, 2.45) is 10.9 Å². The summed E-state index contributed by atoms with van der Waals surface area (Å²) in [5.41, 5.74) is -0.713. The molecule has 3 atom stereocenters. The Labute approximate surface area is 218 Å². The zero-order chi connectivity index (χ0) is 28.1. The molecule has 1 aliphatic carbocycles. The van der Waals surface area contributed by atoms with E-state index in [2.05, 4.69) is 25.6 Å². The predicted octanol–water partition coefficient (Wildman–Crippen LogP) is 5.89. The lowest BCUT2D eigenvalue weighted by Gasteiger charge is -2.32. The second-order valence-electron chi connectivity index (χ2n) is 9.88. The van der Waals surface area contributed by atoms with E-state index in [9.17, 15) is 26.7 Å². The highest BCUT2D eigenvalue weighted by Gasteiger charge is 2.47. The maximum absolute atomic E-state index is 15.0. The fourth-order valence-electron chi connectivity index (χ4n) is 5.27. The summed E-state index contributed by atoms with van der Waals surface area (Å²) in [5.74, 6) is -5.36. The molecule has 5 rings (SSSR count). The van der Waals surface area contributed by atoms with Crippen molar-refractivity contribution in [3.05, 3.63) is 64.5 Å². The molecule has 1 fully saturated rings. The smallest absolute Gasteiger partial charge is 0.397 e. The van der Waals surface area contributed by atoms with Gasteiger partial charge in [-0.3, -0.25) is 4.79 Å². The molecule has 1 saturated carbocycles. The minimum Gasteiger partial charge on any atom is -0.445 e. The van der Waals surface area contributed by atoms with Gasteiger partial charge in [-0.15, -0.1) is 0 Å². The molecule has 1 aliphatic heterocycles. The SMILES string of the molecule is Cc1nc(C(=O)NC2CCCC(NC3=C(F)CC(C(F)(F)F)C(c4c[nH]c5c(F)cc(F)cc45)=N3)C2)c(C)o1. The van der Waals surface area contributed by atoms with Crippen molar-refractivity contribution >= 4 is 22.5 Å². The molecule has 3 heterocycles. The van der Waals surface area contributed by atoms with Crippen LogP contribution in [0, 0.1) is 31.4 Å². The fourth-order valence-corrected chi connectivity index (χ4v) is 5.27. The molecule has 7 nitrogen and oxygen atoms in total. The first kappa shape index (κ1) is 26.8. The number of hydrogen-bond donors (Lipinski definition) is 3. The first-order chi connectivity index (χ1) is 18.4. The van der Waals surface area contributed by atoms with Crippen LogP contribution in [-0.4, -0.2) is 39.8 Å². The molecule has 0 saturated heterocycles. The van der Waals surface area contributed by atoms with E-state index in [1.165, 1.54) is 0 Å². The topological polar surface area (TPSA) is 95.3 Å². The molecule has 1 amide bonds. The van der Waals surface area contributed by atoms with Gasteiger partial charge in [0, 0.05) is 48.6 Å². The first-order valence-corrected chi connectivity index (χ1v) is 12.4. The molecule has 2 aromatic heterocycles. The molecule has 1 aromatic carbocycles. The quantitative estimate of drug-likeness (QED) is 0.344. The van der Waals surface area contributed by atoms with Crippen LogP contribution in [0.4, 0.5) is 26.3 Å². The van der Waals surface area contributed by atoms with Crippen molar-refractivity contribution < 1.29 is 35.6 Å². The summed E-state index contributed by atoms with van der Waals surface area (Å²) in [6, 6.07) is 0.838. The number of aliphatic imine (C=N–C) groups is 1. The van der Waals surface area contributed by atoms with Crippen molar-refractivity contribution in [3.8, 4) is 0 Å². The number of carbonyl (C=O) groups excluding carboxylic acids is 1. The summed E-state index contributed by atoms with van der Waals surface area (Å²) in [6.07, 6.45) is -2.49.